The molecule has 234 valence electrons. The fraction of sp³-hybridized carbons (Fsp3) is 0.344. The van der Waals surface area contributed by atoms with Crippen molar-refractivity contribution in [1.82, 2.24) is 15.2 Å². The highest BCUT2D eigenvalue weighted by Gasteiger charge is 2.57. The maximum absolute atomic E-state index is 16.3. The number of hydrogen-bond donors (Lipinski definition) is 2. The lowest BCUT2D eigenvalue weighted by molar-refractivity contribution is -0.139. The van der Waals surface area contributed by atoms with Crippen molar-refractivity contribution in [2.45, 2.75) is 32.0 Å². The number of anilines is 1. The van der Waals surface area contributed by atoms with Gasteiger partial charge in [0.2, 0.25) is 0 Å². The van der Waals surface area contributed by atoms with Crippen molar-refractivity contribution in [1.29, 1.82) is 0 Å². The number of thiazole rings is 1. The van der Waals surface area contributed by atoms with Crippen LogP contribution < -0.4 is 10.2 Å². The van der Waals surface area contributed by atoms with Crippen molar-refractivity contribution < 1.29 is 33.0 Å². The molecule has 1 amide bonds. The number of carbonyl (C=O) groups is 3. The number of aromatic carboxylic acids is 1. The van der Waals surface area contributed by atoms with E-state index in [0.717, 1.165) is 0 Å². The van der Waals surface area contributed by atoms with Gasteiger partial charge in [-0.1, -0.05) is 12.1 Å². The van der Waals surface area contributed by atoms with E-state index in [0.29, 0.717) is 33.4 Å². The number of likely N-dealkylation sites (tertiary alicyclic amines) is 1. The Balaban J connectivity index is 1.32. The highest BCUT2D eigenvalue weighted by Crippen LogP contribution is 2.42. The molecule has 13 heteroatoms. The van der Waals surface area contributed by atoms with Gasteiger partial charge in [0.1, 0.15) is 11.9 Å². The van der Waals surface area contributed by atoms with Crippen molar-refractivity contribution in [3.8, 4) is 0 Å². The molecule has 4 heterocycles. The molecule has 3 aliphatic heterocycles. The monoisotopic (exact) mass is 635 g/mol. The fourth-order valence-corrected chi connectivity index (χ4v) is 6.81. The summed E-state index contributed by atoms with van der Waals surface area (Å²) in [5, 5.41) is 14.9. The van der Waals surface area contributed by atoms with Gasteiger partial charge in [0.05, 0.1) is 17.7 Å². The van der Waals surface area contributed by atoms with Gasteiger partial charge in [-0.3, -0.25) is 14.7 Å². The molecular weight excluding hydrogens is 604 g/mol. The second kappa shape index (κ2) is 12.1. The number of rotatable bonds is 8. The minimum atomic E-state index is -2.07. The SMILES string of the molecule is CCOC(=O)C1=C(CN2CC[C@]3(F)C(=O)N(c4ccc(C(=O)O)cc4)C[C@@H]3C2)NC(c2nccs2)=N[C@H]1c1cccc(F)c1C. The van der Waals surface area contributed by atoms with E-state index in [4.69, 9.17) is 9.73 Å². The predicted molar refractivity (Wildman–Crippen MR) is 163 cm³/mol. The number of amidine groups is 1. The number of aliphatic imine (C=N–C) groups is 1. The highest BCUT2D eigenvalue weighted by atomic mass is 32.1. The van der Waals surface area contributed by atoms with Crippen LogP contribution in [0.1, 0.15) is 45.9 Å². The Morgan fingerprint density at radius 3 is 2.67 bits per heavy atom. The molecule has 2 aromatic carbocycles. The van der Waals surface area contributed by atoms with Gasteiger partial charge in [0, 0.05) is 61.5 Å². The lowest BCUT2D eigenvalue weighted by Crippen LogP contribution is -2.52. The van der Waals surface area contributed by atoms with Crippen LogP contribution in [0.2, 0.25) is 0 Å². The van der Waals surface area contributed by atoms with Crippen LogP contribution in [0.4, 0.5) is 14.5 Å². The number of hydrogen-bond acceptors (Lipinski definition) is 9. The van der Waals surface area contributed by atoms with Crippen molar-refractivity contribution in [3.05, 3.63) is 92.8 Å². The van der Waals surface area contributed by atoms with Crippen LogP contribution in [0.5, 0.6) is 0 Å². The Hall–Kier alpha value is -4.49. The number of piperidine rings is 1. The Morgan fingerprint density at radius 1 is 1.20 bits per heavy atom. The van der Waals surface area contributed by atoms with Crippen molar-refractivity contribution in [2.24, 2.45) is 10.9 Å². The van der Waals surface area contributed by atoms with Crippen LogP contribution in [0.15, 0.2) is 70.3 Å². The molecule has 10 nitrogen and oxygen atoms in total. The van der Waals surface area contributed by atoms with Crippen LogP contribution in [-0.2, 0) is 14.3 Å². The molecule has 6 rings (SSSR count). The molecule has 1 aromatic heterocycles. The van der Waals surface area contributed by atoms with Crippen molar-refractivity contribution in [3.63, 3.8) is 0 Å². The number of carbonyl (C=O) groups excluding carboxylic acids is 2. The number of ether oxygens (including phenoxy) is 1. The molecule has 0 aliphatic carbocycles. The van der Waals surface area contributed by atoms with E-state index in [9.17, 15) is 23.9 Å². The standard InChI is InChI=1S/C32H31F2N5O5S/c1-3-44-30(42)25-24(36-27(28-35-12-14-45-28)37-26(25)22-5-4-6-23(33)18(22)2)17-38-13-11-32(34)20(15-38)16-39(31(32)43)21-9-7-19(8-10-21)29(40)41/h4-10,12,14,20,26H,3,11,13,15-17H2,1-2H3,(H,36,37)(H,40,41)/t20-,26-,32+/m0/s1. The topological polar surface area (TPSA) is 124 Å². The molecule has 3 aliphatic rings. The number of halogens is 2. The van der Waals surface area contributed by atoms with E-state index in [1.165, 1.54) is 46.6 Å². The largest absolute Gasteiger partial charge is 0.478 e. The van der Waals surface area contributed by atoms with E-state index in [2.05, 4.69) is 10.3 Å². The summed E-state index contributed by atoms with van der Waals surface area (Å²) in [7, 11) is 0. The lowest BCUT2D eigenvalue weighted by atomic mass is 9.84. The number of amides is 1. The number of esters is 1. The number of alkyl halides is 1. The molecular formula is C32H31F2N5O5S. The smallest absolute Gasteiger partial charge is 0.338 e. The molecule has 0 unspecified atom stereocenters. The van der Waals surface area contributed by atoms with Crippen LogP contribution in [-0.4, -0.2) is 77.1 Å². The molecule has 0 bridgehead atoms. The van der Waals surface area contributed by atoms with Gasteiger partial charge in [-0.25, -0.2) is 23.4 Å². The molecule has 45 heavy (non-hydrogen) atoms. The first kappa shape index (κ1) is 30.5. The zero-order valence-corrected chi connectivity index (χ0v) is 25.4. The second-order valence-corrected chi connectivity index (χ2v) is 12.1. The summed E-state index contributed by atoms with van der Waals surface area (Å²) in [6.07, 6.45) is 1.59. The summed E-state index contributed by atoms with van der Waals surface area (Å²) in [4.78, 5) is 50.6. The predicted octanol–water partition coefficient (Wildman–Crippen LogP) is 4.27. The molecule has 0 radical (unpaired) electrons. The van der Waals surface area contributed by atoms with Gasteiger partial charge in [-0.15, -0.1) is 11.3 Å². The fourth-order valence-electron chi connectivity index (χ4n) is 6.22. The van der Waals surface area contributed by atoms with E-state index >= 15 is 4.39 Å². The van der Waals surface area contributed by atoms with Crippen LogP contribution in [0, 0.1) is 18.7 Å². The summed E-state index contributed by atoms with van der Waals surface area (Å²) >= 11 is 1.36. The maximum Gasteiger partial charge on any atom is 0.338 e. The number of carboxylic acid groups (broad SMARTS) is 1. The van der Waals surface area contributed by atoms with Crippen LogP contribution >= 0.6 is 11.3 Å². The third kappa shape index (κ3) is 5.61. The summed E-state index contributed by atoms with van der Waals surface area (Å²) in [5.41, 5.74) is 0.00983. The third-order valence-electron chi connectivity index (χ3n) is 8.59. The minimum Gasteiger partial charge on any atom is -0.478 e. The van der Waals surface area contributed by atoms with Gasteiger partial charge in [-0.05, 0) is 55.3 Å². The quantitative estimate of drug-likeness (QED) is 0.352. The zero-order chi connectivity index (χ0) is 31.9. The normalized spacial score (nSPS) is 23.4. The molecule has 2 fully saturated rings. The zero-order valence-electron chi connectivity index (χ0n) is 24.6. The number of fused-ring (bicyclic) bond motifs is 1. The number of aromatic nitrogens is 1. The first-order chi connectivity index (χ1) is 21.6. The number of benzene rings is 2. The number of carboxylic acids is 1. The highest BCUT2D eigenvalue weighted by molar-refractivity contribution is 7.11. The second-order valence-electron chi connectivity index (χ2n) is 11.2. The van der Waals surface area contributed by atoms with E-state index in [1.54, 1.807) is 37.6 Å². The maximum atomic E-state index is 16.3. The summed E-state index contributed by atoms with van der Waals surface area (Å²) < 4.78 is 36.5. The number of nitrogens with one attached hydrogen (secondary N) is 1. The average Bonchev–Trinajstić information content (AvgIpc) is 3.65. The molecule has 3 atom stereocenters. The van der Waals surface area contributed by atoms with E-state index in [-0.39, 0.29) is 50.3 Å². The van der Waals surface area contributed by atoms with Crippen molar-refractivity contribution >= 4 is 40.7 Å². The lowest BCUT2D eigenvalue weighted by Gasteiger charge is -2.38. The minimum absolute atomic E-state index is 0.0535. The Morgan fingerprint density at radius 2 is 1.98 bits per heavy atom. The molecule has 2 N–H and O–H groups in total. The third-order valence-corrected chi connectivity index (χ3v) is 9.37. The molecule has 0 spiro atoms. The van der Waals surface area contributed by atoms with Gasteiger partial charge >= 0.3 is 11.9 Å². The van der Waals surface area contributed by atoms with Gasteiger partial charge in [-0.2, -0.15) is 0 Å². The van der Waals surface area contributed by atoms with Crippen LogP contribution in [0.3, 0.4) is 0 Å². The first-order valence-electron chi connectivity index (χ1n) is 14.6. The first-order valence-corrected chi connectivity index (χ1v) is 15.4. The average molecular weight is 636 g/mol. The summed E-state index contributed by atoms with van der Waals surface area (Å²) in [5.74, 6) is -3.00. The molecule has 3 aromatic rings. The Kier molecular flexibility index (Phi) is 8.23. The Labute approximate surface area is 262 Å². The molecule has 2 saturated heterocycles. The van der Waals surface area contributed by atoms with Gasteiger partial charge in [0.25, 0.3) is 5.91 Å². The van der Waals surface area contributed by atoms with Gasteiger partial charge < -0.3 is 20.1 Å². The van der Waals surface area contributed by atoms with E-state index in [1.807, 2.05) is 4.90 Å². The van der Waals surface area contributed by atoms with Crippen molar-refractivity contribution in [2.75, 3.05) is 37.7 Å². The summed E-state index contributed by atoms with van der Waals surface area (Å²) in [6.45, 7) is 4.22. The Bertz CT molecular complexity index is 1710. The van der Waals surface area contributed by atoms with Gasteiger partial charge in [0.15, 0.2) is 16.5 Å². The van der Waals surface area contributed by atoms with Crippen LogP contribution in [0.25, 0.3) is 0 Å². The molecule has 0 saturated carbocycles. The number of nitrogens with zero attached hydrogens (tertiary/aromatic N) is 4. The van der Waals surface area contributed by atoms with E-state index < -0.39 is 41.3 Å². The summed E-state index contributed by atoms with van der Waals surface area (Å²) in [6, 6.07) is 9.58.